The number of carbonyl (C=O) groups is 2. The van der Waals surface area contributed by atoms with Gasteiger partial charge in [0.25, 0.3) is 0 Å². The molecule has 0 aromatic carbocycles. The van der Waals surface area contributed by atoms with Crippen LogP contribution in [0.15, 0.2) is 16.4 Å². The first-order valence-electron chi connectivity index (χ1n) is 7.23. The molecule has 134 valence electrons. The molecule has 25 heavy (non-hydrogen) atoms. The largest absolute Gasteiger partial charge is 0.543 e. The highest BCUT2D eigenvalue weighted by atomic mass is 32.2. The number of β-lactam (4-membered cyclic amide) rings is 1. The molecule has 0 aliphatic carbocycles. The summed E-state index contributed by atoms with van der Waals surface area (Å²) in [6.45, 7) is 1.70. The average molecular weight is 383 g/mol. The van der Waals surface area contributed by atoms with E-state index in [2.05, 4.69) is 4.98 Å². The number of nitrogen functional groups attached to an aromatic ring is 3. The van der Waals surface area contributed by atoms with Gasteiger partial charge < -0.3 is 27.1 Å². The van der Waals surface area contributed by atoms with E-state index in [1.165, 1.54) is 33.1 Å². The quantitative estimate of drug-likeness (QED) is 0.137. The van der Waals surface area contributed by atoms with E-state index in [0.29, 0.717) is 22.0 Å². The van der Waals surface area contributed by atoms with E-state index < -0.39 is 17.9 Å². The number of carboxylic acid groups (broad SMARTS) is 1. The van der Waals surface area contributed by atoms with Crippen molar-refractivity contribution in [2.24, 2.45) is 5.73 Å². The lowest BCUT2D eigenvalue weighted by atomic mass is 10.0. The first-order chi connectivity index (χ1) is 11.7. The van der Waals surface area contributed by atoms with Crippen molar-refractivity contribution in [2.75, 3.05) is 28.8 Å². The molecule has 0 saturated carbocycles. The Bertz CT molecular complexity index is 813. The number of carboxylic acids is 1. The highest BCUT2D eigenvalue weighted by Crippen LogP contribution is 2.40. The number of nitrogens with two attached hydrogens (primary N) is 4. The van der Waals surface area contributed by atoms with Gasteiger partial charge in [0.2, 0.25) is 17.5 Å². The van der Waals surface area contributed by atoms with Crippen LogP contribution >= 0.6 is 23.5 Å². The van der Waals surface area contributed by atoms with E-state index in [1.54, 1.807) is 6.92 Å². The first-order valence-corrected chi connectivity index (χ1v) is 9.26. The van der Waals surface area contributed by atoms with Gasteiger partial charge in [-0.1, -0.05) is 4.98 Å². The Kier molecular flexibility index (Phi) is 4.43. The molecule has 0 radical (unpaired) electrons. The number of aromatic nitrogens is 2. The minimum atomic E-state index is -1.40. The first kappa shape index (κ1) is 17.6. The van der Waals surface area contributed by atoms with Gasteiger partial charge in [-0.3, -0.25) is 15.5 Å². The molecular weight excluding hydrogens is 366 g/mol. The topological polar surface area (TPSA) is 181 Å². The van der Waals surface area contributed by atoms with Gasteiger partial charge in [-0.25, -0.2) is 0 Å². The molecule has 2 atom stereocenters. The standard InChI is InChI=1S/C13H17N7O3S2/c1-4-8(15)18-13(20(17)9(4)16)25-3-5-2-24-11-6(14)10(21)19(11)7(5)12(22)23/h6,11H,2-3,14,17H2,1H3,(H4,15,16,22,23)/t6?,11-/m1/s1. The Morgan fingerprint density at radius 2 is 2.20 bits per heavy atom. The zero-order valence-corrected chi connectivity index (χ0v) is 14.9. The van der Waals surface area contributed by atoms with Gasteiger partial charge in [0.1, 0.15) is 11.4 Å². The molecular formula is C13H17N7O3S2. The number of fused-ring (bicyclic) bond motifs is 1. The molecule has 8 N–H and O–H groups in total. The fraction of sp³-hybridized carbons (Fsp3) is 0.385. The fourth-order valence-electron chi connectivity index (χ4n) is 2.59. The average Bonchev–Trinajstić information content (AvgIpc) is 2.60. The van der Waals surface area contributed by atoms with E-state index in [-0.39, 0.29) is 28.5 Å². The molecule has 1 aromatic rings. The Labute approximate surface area is 151 Å². The molecule has 3 rings (SSSR count). The maximum atomic E-state index is 11.9. The Morgan fingerprint density at radius 3 is 2.84 bits per heavy atom. The second-order valence-corrected chi connectivity index (χ2v) is 7.67. The third-order valence-electron chi connectivity index (χ3n) is 4.11. The van der Waals surface area contributed by atoms with Crippen molar-refractivity contribution in [3.05, 3.63) is 16.8 Å². The number of aliphatic carboxylic acids is 1. The van der Waals surface area contributed by atoms with Gasteiger partial charge in [-0.2, -0.15) is 0 Å². The zero-order chi connectivity index (χ0) is 18.5. The summed E-state index contributed by atoms with van der Waals surface area (Å²) in [4.78, 5) is 28.8. The van der Waals surface area contributed by atoms with Crippen LogP contribution in [0, 0.1) is 6.92 Å². The number of carbonyl (C=O) groups excluding carboxylic acids is 2. The summed E-state index contributed by atoms with van der Waals surface area (Å²) in [7, 11) is 0. The van der Waals surface area contributed by atoms with Gasteiger partial charge in [0, 0.05) is 11.5 Å². The van der Waals surface area contributed by atoms with Crippen LogP contribution in [-0.4, -0.2) is 44.7 Å². The summed E-state index contributed by atoms with van der Waals surface area (Å²) in [5.41, 5.74) is 18.3. The second-order valence-electron chi connectivity index (χ2n) is 5.62. The van der Waals surface area contributed by atoms with Gasteiger partial charge in [0.15, 0.2) is 0 Å². The van der Waals surface area contributed by atoms with Crippen LogP contribution in [0.3, 0.4) is 0 Å². The summed E-state index contributed by atoms with van der Waals surface area (Å²) in [5.74, 6) is 5.24. The predicted molar refractivity (Wildman–Crippen MR) is 92.0 cm³/mol. The van der Waals surface area contributed by atoms with Crippen LogP contribution in [0.1, 0.15) is 5.56 Å². The Hall–Kier alpha value is -2.18. The molecule has 3 heterocycles. The van der Waals surface area contributed by atoms with Crippen LogP contribution in [0.4, 0.5) is 11.6 Å². The van der Waals surface area contributed by atoms with Crippen LogP contribution in [-0.2, 0) is 9.59 Å². The fourth-order valence-corrected chi connectivity index (χ4v) is 4.95. The number of thioether (sulfide) groups is 2. The molecule has 1 unspecified atom stereocenters. The predicted octanol–water partition coefficient (Wildman–Crippen LogP) is -3.11. The van der Waals surface area contributed by atoms with Crippen LogP contribution in [0.25, 0.3) is 0 Å². The molecule has 1 fully saturated rings. The van der Waals surface area contributed by atoms with Crippen LogP contribution < -0.4 is 32.8 Å². The lowest BCUT2D eigenvalue weighted by Crippen LogP contribution is -2.69. The molecule has 2 aliphatic heterocycles. The van der Waals surface area contributed by atoms with Gasteiger partial charge in [-0.05, 0) is 24.3 Å². The van der Waals surface area contributed by atoms with Gasteiger partial charge >= 0.3 is 5.16 Å². The third-order valence-corrected chi connectivity index (χ3v) is 6.51. The highest BCUT2D eigenvalue weighted by Gasteiger charge is 2.50. The van der Waals surface area contributed by atoms with Crippen molar-refractivity contribution >= 4 is 47.0 Å². The number of nitrogens with zero attached hydrogens (tertiary/aromatic N) is 3. The zero-order valence-electron chi connectivity index (χ0n) is 13.3. The van der Waals surface area contributed by atoms with Crippen LogP contribution in [0.2, 0.25) is 0 Å². The summed E-state index contributed by atoms with van der Waals surface area (Å²) < 4.78 is 1.19. The van der Waals surface area contributed by atoms with Crippen molar-refractivity contribution in [1.82, 2.24) is 9.88 Å². The molecule has 0 bridgehead atoms. The van der Waals surface area contributed by atoms with E-state index >= 15 is 0 Å². The molecule has 12 heteroatoms. The van der Waals surface area contributed by atoms with Crippen molar-refractivity contribution in [2.45, 2.75) is 23.5 Å². The number of hydrogen-bond donors (Lipinski definition) is 4. The summed E-state index contributed by atoms with van der Waals surface area (Å²) in [6, 6.07) is -0.682. The molecule has 1 aromatic heterocycles. The normalized spacial score (nSPS) is 22.6. The number of rotatable bonds is 4. The maximum absolute atomic E-state index is 11.9. The molecule has 1 saturated heterocycles. The van der Waals surface area contributed by atoms with Crippen molar-refractivity contribution < 1.29 is 19.4 Å². The second kappa shape index (κ2) is 6.28. The van der Waals surface area contributed by atoms with Crippen LogP contribution in [0.5, 0.6) is 0 Å². The summed E-state index contributed by atoms with van der Waals surface area (Å²) >= 11 is 2.59. The summed E-state index contributed by atoms with van der Waals surface area (Å²) in [6.07, 6.45) is 0. The number of amides is 1. The Morgan fingerprint density at radius 1 is 1.52 bits per heavy atom. The van der Waals surface area contributed by atoms with Gasteiger partial charge in [-0.15, -0.1) is 16.4 Å². The third kappa shape index (κ3) is 2.75. The van der Waals surface area contributed by atoms with E-state index in [1.807, 2.05) is 0 Å². The van der Waals surface area contributed by atoms with E-state index in [9.17, 15) is 14.7 Å². The van der Waals surface area contributed by atoms with Crippen molar-refractivity contribution in [3.8, 4) is 0 Å². The smallest absolute Gasteiger partial charge is 0.322 e. The number of hydrogen-bond acceptors (Lipinski definition) is 10. The lowest BCUT2D eigenvalue weighted by molar-refractivity contribution is -0.667. The van der Waals surface area contributed by atoms with Crippen molar-refractivity contribution in [3.63, 3.8) is 0 Å². The van der Waals surface area contributed by atoms with Crippen molar-refractivity contribution in [1.29, 1.82) is 0 Å². The highest BCUT2D eigenvalue weighted by molar-refractivity contribution is 8.01. The monoisotopic (exact) mass is 383 g/mol. The molecule has 1 amide bonds. The Balaban J connectivity index is 1.87. The molecule has 10 nitrogen and oxygen atoms in total. The summed E-state index contributed by atoms with van der Waals surface area (Å²) in [5, 5.41) is 11.5. The maximum Gasteiger partial charge on any atom is 0.322 e. The molecule has 0 spiro atoms. The molecule has 2 aliphatic rings. The minimum absolute atomic E-state index is 0.125. The number of anilines is 2. The van der Waals surface area contributed by atoms with E-state index in [0.717, 1.165) is 0 Å². The minimum Gasteiger partial charge on any atom is -0.543 e. The SMILES string of the molecule is Cc1c(N)nc(SCC2=C(C(=O)[O-])N3C(=O)C(N)[C@H]3SC2)[n+](N)c1N. The lowest BCUT2D eigenvalue weighted by Gasteiger charge is -2.49. The van der Waals surface area contributed by atoms with E-state index in [4.69, 9.17) is 23.0 Å². The van der Waals surface area contributed by atoms with Gasteiger partial charge in [0.05, 0.1) is 17.2 Å².